The molecular weight excluding hydrogens is 290 g/mol. The van der Waals surface area contributed by atoms with E-state index in [0.29, 0.717) is 22.9 Å². The van der Waals surface area contributed by atoms with Crippen molar-refractivity contribution in [1.29, 1.82) is 0 Å². The molecule has 0 radical (unpaired) electrons. The Bertz CT molecular complexity index is 626. The number of hydrogen-bond acceptors (Lipinski definition) is 4. The summed E-state index contributed by atoms with van der Waals surface area (Å²) in [7, 11) is 1.74. The fourth-order valence-electron chi connectivity index (χ4n) is 1.95. The summed E-state index contributed by atoms with van der Waals surface area (Å²) in [6, 6.07) is 1.64. The van der Waals surface area contributed by atoms with Crippen LogP contribution in [0.4, 0.5) is 5.82 Å². The zero-order valence-electron chi connectivity index (χ0n) is 12.0. The summed E-state index contributed by atoms with van der Waals surface area (Å²) in [6.07, 6.45) is 5.00. The van der Waals surface area contributed by atoms with Crippen LogP contribution < -0.4 is 10.6 Å². The van der Waals surface area contributed by atoms with Gasteiger partial charge in [-0.15, -0.1) is 0 Å². The number of nitrogens with one attached hydrogen (secondary N) is 3. The molecule has 0 spiro atoms. The zero-order valence-corrected chi connectivity index (χ0v) is 12.8. The number of aryl methyl sites for hydroxylation is 2. The molecule has 0 saturated heterocycles. The van der Waals surface area contributed by atoms with E-state index in [9.17, 15) is 4.79 Å². The molecule has 3 N–H and O–H groups in total. The number of anilines is 1. The van der Waals surface area contributed by atoms with Gasteiger partial charge in [0.15, 0.2) is 0 Å². The molecule has 0 unspecified atom stereocenters. The summed E-state index contributed by atoms with van der Waals surface area (Å²) in [5, 5.41) is 13.0. The maximum absolute atomic E-state index is 12.1. The highest BCUT2D eigenvalue weighted by atomic mass is 35.5. The van der Waals surface area contributed by atoms with Crippen molar-refractivity contribution in [2.75, 3.05) is 18.9 Å². The Kier molecular flexibility index (Phi) is 5.16. The average Bonchev–Trinajstić information content (AvgIpc) is 2.89. The minimum Gasteiger partial charge on any atom is -0.373 e. The number of carbonyl (C=O) groups is 1. The van der Waals surface area contributed by atoms with Crippen molar-refractivity contribution in [3.63, 3.8) is 0 Å². The first-order valence-electron chi connectivity index (χ1n) is 6.72. The summed E-state index contributed by atoms with van der Waals surface area (Å²) in [4.78, 5) is 16.1. The van der Waals surface area contributed by atoms with Crippen LogP contribution in [0.5, 0.6) is 0 Å². The first-order valence-corrected chi connectivity index (χ1v) is 7.10. The molecule has 7 heteroatoms. The Morgan fingerprint density at radius 2 is 2.24 bits per heavy atom. The number of nitrogens with zero attached hydrogens (tertiary/aromatic N) is 2. The van der Waals surface area contributed by atoms with Gasteiger partial charge in [0.2, 0.25) is 0 Å². The second-order valence-corrected chi connectivity index (χ2v) is 5.09. The quantitative estimate of drug-likeness (QED) is 0.714. The fourth-order valence-corrected chi connectivity index (χ4v) is 2.14. The van der Waals surface area contributed by atoms with E-state index >= 15 is 0 Å². The van der Waals surface area contributed by atoms with Crippen molar-refractivity contribution < 1.29 is 4.79 Å². The number of H-pyrrole nitrogens is 1. The third-order valence-electron chi connectivity index (χ3n) is 3.20. The van der Waals surface area contributed by atoms with Gasteiger partial charge < -0.3 is 10.6 Å². The van der Waals surface area contributed by atoms with Gasteiger partial charge in [-0.05, 0) is 31.4 Å². The number of hydrogen-bond donors (Lipinski definition) is 3. The van der Waals surface area contributed by atoms with Crippen LogP contribution in [0.2, 0.25) is 5.02 Å². The molecule has 2 aromatic heterocycles. The van der Waals surface area contributed by atoms with Crippen molar-refractivity contribution in [1.82, 2.24) is 20.5 Å². The smallest absolute Gasteiger partial charge is 0.252 e. The predicted octanol–water partition coefficient (Wildman–Crippen LogP) is 2.17. The second kappa shape index (κ2) is 7.08. The Morgan fingerprint density at radius 3 is 2.90 bits per heavy atom. The molecule has 0 bridgehead atoms. The molecule has 1 amide bonds. The van der Waals surface area contributed by atoms with Crippen LogP contribution in [0.25, 0.3) is 0 Å². The molecule has 0 fully saturated rings. The number of aromatic nitrogens is 3. The first kappa shape index (κ1) is 15.3. The van der Waals surface area contributed by atoms with Crippen LogP contribution in [0.15, 0.2) is 18.5 Å². The lowest BCUT2D eigenvalue weighted by Crippen LogP contribution is -2.25. The van der Waals surface area contributed by atoms with Crippen LogP contribution in [0.3, 0.4) is 0 Å². The van der Waals surface area contributed by atoms with Gasteiger partial charge in [-0.3, -0.25) is 9.89 Å². The standard InChI is InChI=1S/C14H18ClN5O/c1-9-10(7-19-20-9)4-3-5-17-14(21)11-6-13(16-2)18-8-12(11)15/h6-8H,3-5H2,1-2H3,(H,16,18)(H,17,21)(H,19,20). The van der Waals surface area contributed by atoms with E-state index in [4.69, 9.17) is 11.6 Å². The number of pyridine rings is 1. The molecule has 21 heavy (non-hydrogen) atoms. The van der Waals surface area contributed by atoms with E-state index in [1.807, 2.05) is 13.1 Å². The first-order chi connectivity index (χ1) is 10.1. The molecule has 0 atom stereocenters. The third kappa shape index (κ3) is 3.95. The van der Waals surface area contributed by atoms with E-state index in [1.165, 1.54) is 11.8 Å². The summed E-state index contributed by atoms with van der Waals surface area (Å²) >= 11 is 6.00. The topological polar surface area (TPSA) is 82.7 Å². The van der Waals surface area contributed by atoms with Crippen molar-refractivity contribution >= 4 is 23.3 Å². The third-order valence-corrected chi connectivity index (χ3v) is 3.50. The molecule has 6 nitrogen and oxygen atoms in total. The van der Waals surface area contributed by atoms with E-state index in [2.05, 4.69) is 25.8 Å². The highest BCUT2D eigenvalue weighted by Crippen LogP contribution is 2.17. The van der Waals surface area contributed by atoms with Gasteiger partial charge in [0, 0.05) is 25.5 Å². The van der Waals surface area contributed by atoms with Crippen molar-refractivity contribution in [3.8, 4) is 0 Å². The van der Waals surface area contributed by atoms with E-state index in [0.717, 1.165) is 18.5 Å². The molecule has 2 aromatic rings. The SMILES string of the molecule is CNc1cc(C(=O)NCCCc2cn[nH]c2C)c(Cl)cn1. The monoisotopic (exact) mass is 307 g/mol. The maximum atomic E-state index is 12.1. The molecule has 0 aliphatic carbocycles. The van der Waals surface area contributed by atoms with Crippen LogP contribution in [-0.4, -0.2) is 34.7 Å². The summed E-state index contributed by atoms with van der Waals surface area (Å²) in [5.74, 6) is 0.418. The number of halogens is 1. The van der Waals surface area contributed by atoms with Crippen LogP contribution in [0.1, 0.15) is 28.0 Å². The maximum Gasteiger partial charge on any atom is 0.252 e. The molecule has 2 heterocycles. The lowest BCUT2D eigenvalue weighted by Gasteiger charge is -2.08. The summed E-state index contributed by atoms with van der Waals surface area (Å²) < 4.78 is 0. The van der Waals surface area contributed by atoms with Gasteiger partial charge in [-0.1, -0.05) is 11.6 Å². The molecule has 112 valence electrons. The van der Waals surface area contributed by atoms with E-state index in [-0.39, 0.29) is 5.91 Å². The average molecular weight is 308 g/mol. The van der Waals surface area contributed by atoms with Gasteiger partial charge in [0.1, 0.15) is 5.82 Å². The normalized spacial score (nSPS) is 10.4. The Labute approximate surface area is 128 Å². The van der Waals surface area contributed by atoms with Gasteiger partial charge in [0.05, 0.1) is 16.8 Å². The van der Waals surface area contributed by atoms with Crippen molar-refractivity contribution in [3.05, 3.63) is 40.3 Å². The van der Waals surface area contributed by atoms with Crippen LogP contribution in [0, 0.1) is 6.92 Å². The lowest BCUT2D eigenvalue weighted by molar-refractivity contribution is 0.0953. The Balaban J connectivity index is 1.86. The summed E-state index contributed by atoms with van der Waals surface area (Å²) in [5.41, 5.74) is 2.66. The van der Waals surface area contributed by atoms with Gasteiger partial charge >= 0.3 is 0 Å². The van der Waals surface area contributed by atoms with Gasteiger partial charge in [0.25, 0.3) is 5.91 Å². The number of aromatic amines is 1. The van der Waals surface area contributed by atoms with Gasteiger partial charge in [-0.2, -0.15) is 5.10 Å². The van der Waals surface area contributed by atoms with E-state index < -0.39 is 0 Å². The highest BCUT2D eigenvalue weighted by molar-refractivity contribution is 6.33. The predicted molar refractivity (Wildman–Crippen MR) is 82.8 cm³/mol. The Morgan fingerprint density at radius 1 is 1.43 bits per heavy atom. The van der Waals surface area contributed by atoms with Crippen molar-refractivity contribution in [2.45, 2.75) is 19.8 Å². The zero-order chi connectivity index (χ0) is 15.2. The lowest BCUT2D eigenvalue weighted by atomic mass is 10.1. The molecule has 0 saturated carbocycles. The number of rotatable bonds is 6. The highest BCUT2D eigenvalue weighted by Gasteiger charge is 2.11. The molecule has 0 aromatic carbocycles. The molecule has 0 aliphatic rings. The molecule has 0 aliphatic heterocycles. The van der Waals surface area contributed by atoms with Crippen molar-refractivity contribution in [2.24, 2.45) is 0 Å². The molecule has 2 rings (SSSR count). The Hall–Kier alpha value is -2.08. The van der Waals surface area contributed by atoms with Crippen LogP contribution in [-0.2, 0) is 6.42 Å². The fraction of sp³-hybridized carbons (Fsp3) is 0.357. The van der Waals surface area contributed by atoms with E-state index in [1.54, 1.807) is 13.1 Å². The molecular formula is C14H18ClN5O. The minimum atomic E-state index is -0.192. The van der Waals surface area contributed by atoms with Gasteiger partial charge in [-0.25, -0.2) is 4.98 Å². The summed E-state index contributed by atoms with van der Waals surface area (Å²) in [6.45, 7) is 2.56. The minimum absolute atomic E-state index is 0.192. The number of amides is 1. The second-order valence-electron chi connectivity index (χ2n) is 4.68. The van der Waals surface area contributed by atoms with Crippen LogP contribution >= 0.6 is 11.6 Å². The number of carbonyl (C=O) groups excluding carboxylic acids is 1. The largest absolute Gasteiger partial charge is 0.373 e.